The van der Waals surface area contributed by atoms with Crippen molar-refractivity contribution in [3.63, 3.8) is 0 Å². The van der Waals surface area contributed by atoms with Crippen LogP contribution in [0.2, 0.25) is 5.02 Å². The largest absolute Gasteiger partial charge is 0.323 e. The number of rotatable bonds is 6. The second kappa shape index (κ2) is 8.80. The van der Waals surface area contributed by atoms with E-state index in [2.05, 4.69) is 15.4 Å². The van der Waals surface area contributed by atoms with Gasteiger partial charge in [0.05, 0.1) is 20.5 Å². The normalized spacial score (nSPS) is 10.8. The molecule has 0 saturated carbocycles. The average molecular weight is 447 g/mol. The Labute approximate surface area is 176 Å². The minimum atomic E-state index is -3.87. The molecule has 154 valence electrons. The van der Waals surface area contributed by atoms with Crippen molar-refractivity contribution in [1.29, 1.82) is 0 Å². The van der Waals surface area contributed by atoms with Gasteiger partial charge in [-0.1, -0.05) is 29.8 Å². The number of nitrogens with zero attached hydrogens (tertiary/aromatic N) is 1. The lowest BCUT2D eigenvalue weighted by Gasteiger charge is -2.11. The second-order valence-corrected chi connectivity index (χ2v) is 8.09. The van der Waals surface area contributed by atoms with E-state index >= 15 is 0 Å². The summed E-state index contributed by atoms with van der Waals surface area (Å²) in [5, 5.41) is 16.0. The van der Waals surface area contributed by atoms with E-state index in [1.54, 1.807) is 18.2 Å². The maximum absolute atomic E-state index is 12.5. The smallest absolute Gasteiger partial charge is 0.308 e. The summed E-state index contributed by atoms with van der Waals surface area (Å²) in [5.41, 5.74) is 0.658. The number of carbonyl (C=O) groups excluding carboxylic acids is 1. The van der Waals surface area contributed by atoms with Crippen LogP contribution in [0.15, 0.2) is 77.7 Å². The predicted octanol–water partition coefficient (Wildman–Crippen LogP) is 4.69. The Hall–Kier alpha value is -3.63. The number of urea groups is 1. The van der Waals surface area contributed by atoms with Gasteiger partial charge in [-0.05, 0) is 42.5 Å². The molecule has 11 heteroatoms. The van der Waals surface area contributed by atoms with Crippen molar-refractivity contribution in [3.05, 3.63) is 87.9 Å². The summed E-state index contributed by atoms with van der Waals surface area (Å²) in [4.78, 5) is 22.3. The highest BCUT2D eigenvalue weighted by Crippen LogP contribution is 2.24. The van der Waals surface area contributed by atoms with Crippen LogP contribution in [0, 0.1) is 10.1 Å². The minimum Gasteiger partial charge on any atom is -0.308 e. The third-order valence-corrected chi connectivity index (χ3v) is 5.57. The lowest BCUT2D eigenvalue weighted by Crippen LogP contribution is -2.19. The van der Waals surface area contributed by atoms with Crippen LogP contribution < -0.4 is 15.4 Å². The molecule has 9 nitrogen and oxygen atoms in total. The molecular weight excluding hydrogens is 432 g/mol. The second-order valence-electron chi connectivity index (χ2n) is 6.00. The summed E-state index contributed by atoms with van der Waals surface area (Å²) in [6.45, 7) is 0. The maximum Gasteiger partial charge on any atom is 0.323 e. The highest BCUT2D eigenvalue weighted by atomic mass is 35.5. The molecule has 0 radical (unpaired) electrons. The summed E-state index contributed by atoms with van der Waals surface area (Å²) in [6, 6.07) is 16.7. The summed E-state index contributed by atoms with van der Waals surface area (Å²) >= 11 is 5.98. The number of nitro groups is 1. The zero-order chi connectivity index (χ0) is 21.7. The van der Waals surface area contributed by atoms with Gasteiger partial charge in [-0.3, -0.25) is 14.8 Å². The van der Waals surface area contributed by atoms with E-state index in [-0.39, 0.29) is 27.0 Å². The van der Waals surface area contributed by atoms with E-state index in [4.69, 9.17) is 11.6 Å². The summed E-state index contributed by atoms with van der Waals surface area (Å²) in [5.74, 6) is 0. The molecule has 3 aromatic carbocycles. The molecule has 0 unspecified atom stereocenters. The third kappa shape index (κ3) is 5.25. The Kier molecular flexibility index (Phi) is 6.19. The van der Waals surface area contributed by atoms with Crippen LogP contribution in [-0.2, 0) is 10.0 Å². The number of benzene rings is 3. The molecule has 0 heterocycles. The van der Waals surface area contributed by atoms with Gasteiger partial charge in [0.15, 0.2) is 0 Å². The predicted molar refractivity (Wildman–Crippen MR) is 114 cm³/mol. The minimum absolute atomic E-state index is 0.0212. The molecule has 0 saturated heterocycles. The Morgan fingerprint density at radius 2 is 1.57 bits per heavy atom. The number of para-hydroxylation sites is 1. The van der Waals surface area contributed by atoms with Gasteiger partial charge in [0.2, 0.25) is 0 Å². The number of non-ortho nitro benzene ring substituents is 1. The highest BCUT2D eigenvalue weighted by Gasteiger charge is 2.16. The topological polar surface area (TPSA) is 130 Å². The molecule has 0 aliphatic heterocycles. The molecule has 0 aliphatic rings. The number of nitrogens with one attached hydrogen (secondary N) is 3. The van der Waals surface area contributed by atoms with Gasteiger partial charge >= 0.3 is 6.03 Å². The molecule has 3 aromatic rings. The van der Waals surface area contributed by atoms with Crippen LogP contribution in [0.1, 0.15) is 0 Å². The van der Waals surface area contributed by atoms with Crippen LogP contribution >= 0.6 is 11.6 Å². The van der Waals surface area contributed by atoms with Gasteiger partial charge in [-0.2, -0.15) is 0 Å². The van der Waals surface area contributed by atoms with Crippen LogP contribution in [0.25, 0.3) is 0 Å². The van der Waals surface area contributed by atoms with Crippen LogP contribution in [-0.4, -0.2) is 19.4 Å². The molecule has 3 rings (SSSR count). The first-order valence-corrected chi connectivity index (χ1v) is 10.3. The van der Waals surface area contributed by atoms with Gasteiger partial charge in [-0.25, -0.2) is 13.2 Å². The SMILES string of the molecule is O=C(Nc1ccc(S(=O)(=O)Nc2ccccc2Cl)cc1)Nc1cccc([N+](=O)[O-])c1. The number of carbonyl (C=O) groups is 1. The molecule has 0 spiro atoms. The van der Waals surface area contributed by atoms with Crippen molar-refractivity contribution >= 4 is 50.4 Å². The molecule has 3 N–H and O–H groups in total. The number of halogens is 1. The lowest BCUT2D eigenvalue weighted by atomic mass is 10.3. The zero-order valence-electron chi connectivity index (χ0n) is 15.2. The van der Waals surface area contributed by atoms with Crippen molar-refractivity contribution in [2.45, 2.75) is 4.90 Å². The van der Waals surface area contributed by atoms with Gasteiger partial charge in [0.25, 0.3) is 15.7 Å². The number of amides is 2. The first-order valence-electron chi connectivity index (χ1n) is 8.44. The van der Waals surface area contributed by atoms with E-state index in [0.717, 1.165) is 0 Å². The molecule has 30 heavy (non-hydrogen) atoms. The lowest BCUT2D eigenvalue weighted by molar-refractivity contribution is -0.384. The van der Waals surface area contributed by atoms with Crippen molar-refractivity contribution in [3.8, 4) is 0 Å². The fourth-order valence-corrected chi connectivity index (χ4v) is 3.77. The number of hydrogen-bond donors (Lipinski definition) is 3. The summed E-state index contributed by atoms with van der Waals surface area (Å²) in [6.07, 6.45) is 0. The van der Waals surface area contributed by atoms with Gasteiger partial charge in [-0.15, -0.1) is 0 Å². The van der Waals surface area contributed by atoms with Crippen LogP contribution in [0.4, 0.5) is 27.5 Å². The standard InChI is InChI=1S/C19H15ClN4O5S/c20-17-6-1-2-7-18(17)23-30(28,29)16-10-8-13(9-11-16)21-19(25)22-14-4-3-5-15(12-14)24(26)27/h1-12,23H,(H2,21,22,25). The molecule has 0 aliphatic carbocycles. The van der Waals surface area contributed by atoms with Gasteiger partial charge in [0.1, 0.15) is 0 Å². The van der Waals surface area contributed by atoms with Crippen molar-refractivity contribution in [2.24, 2.45) is 0 Å². The van der Waals surface area contributed by atoms with Crippen molar-refractivity contribution < 1.29 is 18.1 Å². The fraction of sp³-hybridized carbons (Fsp3) is 0. The third-order valence-electron chi connectivity index (χ3n) is 3.86. The van der Waals surface area contributed by atoms with Crippen LogP contribution in [0.3, 0.4) is 0 Å². The monoisotopic (exact) mass is 446 g/mol. The Balaban J connectivity index is 1.66. The first-order chi connectivity index (χ1) is 14.2. The number of sulfonamides is 1. The molecule has 2 amide bonds. The molecule has 0 aromatic heterocycles. The molecular formula is C19H15ClN4O5S. The fourth-order valence-electron chi connectivity index (χ4n) is 2.46. The number of hydrogen-bond acceptors (Lipinski definition) is 5. The Bertz CT molecular complexity index is 1200. The van der Waals surface area contributed by atoms with E-state index in [1.165, 1.54) is 54.6 Å². The van der Waals surface area contributed by atoms with E-state index in [0.29, 0.717) is 5.69 Å². The van der Waals surface area contributed by atoms with E-state index < -0.39 is 21.0 Å². The van der Waals surface area contributed by atoms with Crippen molar-refractivity contribution in [1.82, 2.24) is 0 Å². The summed E-state index contributed by atoms with van der Waals surface area (Å²) in [7, 11) is -3.87. The summed E-state index contributed by atoms with van der Waals surface area (Å²) < 4.78 is 27.4. The quantitative estimate of drug-likeness (QED) is 0.373. The molecule has 0 fully saturated rings. The zero-order valence-corrected chi connectivity index (χ0v) is 16.8. The number of anilines is 3. The Morgan fingerprint density at radius 1 is 0.900 bits per heavy atom. The molecule has 0 bridgehead atoms. The van der Waals surface area contributed by atoms with Crippen LogP contribution in [0.5, 0.6) is 0 Å². The van der Waals surface area contributed by atoms with Crippen molar-refractivity contribution in [2.75, 3.05) is 15.4 Å². The van der Waals surface area contributed by atoms with Gasteiger partial charge < -0.3 is 10.6 Å². The Morgan fingerprint density at radius 3 is 2.23 bits per heavy atom. The highest BCUT2D eigenvalue weighted by molar-refractivity contribution is 7.92. The first kappa shape index (κ1) is 21.1. The number of nitro benzene ring substituents is 1. The average Bonchev–Trinajstić information content (AvgIpc) is 2.70. The van der Waals surface area contributed by atoms with E-state index in [9.17, 15) is 23.3 Å². The molecule has 0 atom stereocenters. The maximum atomic E-state index is 12.5. The van der Waals surface area contributed by atoms with Gasteiger partial charge in [0, 0.05) is 23.5 Å². The van der Waals surface area contributed by atoms with E-state index in [1.807, 2.05) is 0 Å².